The monoisotopic (exact) mass is 438 g/mol. The van der Waals surface area contributed by atoms with Crippen LogP contribution in [-0.2, 0) is 23.8 Å². The van der Waals surface area contributed by atoms with Crippen LogP contribution < -0.4 is 5.32 Å². The Kier molecular flexibility index (Phi) is 9.91. The molecular weight excluding hydrogens is 408 g/mol. The number of rotatable bonds is 4. The van der Waals surface area contributed by atoms with Gasteiger partial charge in [-0.2, -0.15) is 0 Å². The second-order valence-electron chi connectivity index (χ2n) is 7.65. The molecule has 0 fully saturated rings. The molecule has 2 aliphatic rings. The summed E-state index contributed by atoms with van der Waals surface area (Å²) in [6.07, 6.45) is 4.32. The van der Waals surface area contributed by atoms with Crippen molar-refractivity contribution in [1.29, 1.82) is 0 Å². The molecule has 172 valence electrons. The molecule has 0 saturated heterocycles. The zero-order valence-corrected chi connectivity index (χ0v) is 18.5. The molecule has 2 aliphatic carbocycles. The van der Waals surface area contributed by atoms with E-state index in [1.165, 1.54) is 18.2 Å². The van der Waals surface area contributed by atoms with Crippen molar-refractivity contribution in [3.05, 3.63) is 24.3 Å². The first-order valence-corrected chi connectivity index (χ1v) is 10.0. The average Bonchev–Trinajstić information content (AvgIpc) is 3.23. The van der Waals surface area contributed by atoms with Gasteiger partial charge in [-0.1, -0.05) is 12.2 Å². The van der Waals surface area contributed by atoms with Crippen LogP contribution in [0.4, 0.5) is 14.4 Å². The molecule has 2 atom stereocenters. The summed E-state index contributed by atoms with van der Waals surface area (Å²) in [6.45, 7) is 8.95. The van der Waals surface area contributed by atoms with Crippen LogP contribution in [0.15, 0.2) is 24.3 Å². The van der Waals surface area contributed by atoms with Crippen LogP contribution in [0.5, 0.6) is 0 Å². The molecule has 1 N–H and O–H groups in total. The number of hydrogen-bond acceptors (Lipinski definition) is 8. The highest BCUT2D eigenvalue weighted by Gasteiger charge is 2.36. The van der Waals surface area contributed by atoms with E-state index in [1.54, 1.807) is 40.7 Å². The Balaban J connectivity index is 0.000000343. The maximum absolute atomic E-state index is 12.0. The van der Waals surface area contributed by atoms with Gasteiger partial charge in [0.05, 0.1) is 25.3 Å². The molecule has 31 heavy (non-hydrogen) atoms. The van der Waals surface area contributed by atoms with Crippen molar-refractivity contribution in [3.63, 3.8) is 0 Å². The normalized spacial score (nSPS) is 19.4. The molecule has 2 unspecified atom stereocenters. The van der Waals surface area contributed by atoms with E-state index in [4.69, 9.17) is 9.47 Å². The molecule has 10 nitrogen and oxygen atoms in total. The number of imide groups is 1. The van der Waals surface area contributed by atoms with Gasteiger partial charge in [-0.15, -0.1) is 0 Å². The van der Waals surface area contributed by atoms with E-state index in [0.29, 0.717) is 13.0 Å². The summed E-state index contributed by atoms with van der Waals surface area (Å²) in [5, 5.41) is 2.54. The average molecular weight is 438 g/mol. The van der Waals surface area contributed by atoms with Crippen LogP contribution in [0.2, 0.25) is 0 Å². The van der Waals surface area contributed by atoms with E-state index in [1.807, 2.05) is 0 Å². The largest absolute Gasteiger partial charge is 0.450 e. The first-order chi connectivity index (χ1) is 14.5. The Morgan fingerprint density at radius 2 is 1.55 bits per heavy atom. The van der Waals surface area contributed by atoms with Crippen molar-refractivity contribution < 1.29 is 38.2 Å². The van der Waals surface area contributed by atoms with Crippen molar-refractivity contribution in [3.8, 4) is 0 Å². The fraction of sp³-hybridized carbons (Fsp3) is 0.571. The summed E-state index contributed by atoms with van der Waals surface area (Å²) in [4.78, 5) is 57.5. The highest BCUT2D eigenvalue weighted by atomic mass is 16.6. The van der Waals surface area contributed by atoms with Gasteiger partial charge in [0.1, 0.15) is 5.60 Å². The Labute approximate surface area is 181 Å². The van der Waals surface area contributed by atoms with Gasteiger partial charge in [-0.25, -0.2) is 19.3 Å². The Morgan fingerprint density at radius 1 is 0.968 bits per heavy atom. The number of carbonyl (C=O) groups excluding carboxylic acids is 5. The minimum atomic E-state index is -0.810. The quantitative estimate of drug-likeness (QED) is 0.664. The van der Waals surface area contributed by atoms with E-state index in [2.05, 4.69) is 10.1 Å². The molecule has 0 aromatic rings. The van der Waals surface area contributed by atoms with Crippen LogP contribution in [0.1, 0.15) is 47.5 Å². The minimum Gasteiger partial charge on any atom is -0.450 e. The van der Waals surface area contributed by atoms with Crippen LogP contribution in [0.3, 0.4) is 0 Å². The van der Waals surface area contributed by atoms with Gasteiger partial charge in [0.15, 0.2) is 11.6 Å². The van der Waals surface area contributed by atoms with Gasteiger partial charge < -0.3 is 19.5 Å². The summed E-state index contributed by atoms with van der Waals surface area (Å²) < 4.78 is 14.6. The maximum Gasteiger partial charge on any atom is 0.420 e. The van der Waals surface area contributed by atoms with Crippen molar-refractivity contribution >= 4 is 29.8 Å². The molecule has 0 aliphatic heterocycles. The summed E-state index contributed by atoms with van der Waals surface area (Å²) in [5.74, 6) is -0.0975. The van der Waals surface area contributed by atoms with Crippen LogP contribution in [0.25, 0.3) is 0 Å². The smallest absolute Gasteiger partial charge is 0.420 e. The third-order valence-electron chi connectivity index (χ3n) is 3.82. The number of hydrogen-bond donors (Lipinski definition) is 1. The number of nitrogens with one attached hydrogen (secondary N) is 1. The minimum absolute atomic E-state index is 0.0387. The molecule has 0 aromatic heterocycles. The van der Waals surface area contributed by atoms with Crippen molar-refractivity contribution in [1.82, 2.24) is 10.2 Å². The van der Waals surface area contributed by atoms with E-state index in [0.717, 1.165) is 4.90 Å². The zero-order valence-electron chi connectivity index (χ0n) is 18.5. The van der Waals surface area contributed by atoms with Gasteiger partial charge >= 0.3 is 18.3 Å². The fourth-order valence-electron chi connectivity index (χ4n) is 2.59. The fourth-order valence-corrected chi connectivity index (χ4v) is 2.59. The number of allylic oxidation sites excluding steroid dienone is 2. The highest BCUT2D eigenvalue weighted by molar-refractivity contribution is 5.96. The number of amides is 3. The van der Waals surface area contributed by atoms with Gasteiger partial charge in [-0.05, 0) is 46.8 Å². The number of alkyl carbamates (subject to hydrolysis) is 1. The number of ketones is 2. The lowest BCUT2D eigenvalue weighted by Gasteiger charge is -2.28. The molecule has 0 aromatic carbocycles. The van der Waals surface area contributed by atoms with E-state index >= 15 is 0 Å². The highest BCUT2D eigenvalue weighted by Crippen LogP contribution is 2.19. The first-order valence-electron chi connectivity index (χ1n) is 10.0. The van der Waals surface area contributed by atoms with E-state index < -0.39 is 29.9 Å². The third-order valence-corrected chi connectivity index (χ3v) is 3.82. The van der Waals surface area contributed by atoms with Crippen LogP contribution in [0, 0.1) is 0 Å². The molecular formula is C21H30N2O8. The van der Waals surface area contributed by atoms with Gasteiger partial charge in [-0.3, -0.25) is 9.59 Å². The standard InChI is InChI=1S/C13H19NO5.C8H11NO3/c1-5-18-11(16)14(9-6-7-10(15)8-9)12(17)19-13(2,3)4;1-2-12-8(11)9-6-3-4-7(10)5-6/h6-7,9H,5,8H2,1-4H3;3-4,6H,2,5H2,1H3,(H,9,11). The summed E-state index contributed by atoms with van der Waals surface area (Å²) in [6, 6.07) is -0.821. The Bertz CT molecular complexity index is 751. The lowest BCUT2D eigenvalue weighted by molar-refractivity contribution is -0.115. The molecule has 0 bridgehead atoms. The van der Waals surface area contributed by atoms with E-state index in [9.17, 15) is 24.0 Å². The molecule has 3 amide bonds. The topological polar surface area (TPSA) is 128 Å². The second kappa shape index (κ2) is 11.9. The molecule has 0 radical (unpaired) electrons. The first kappa shape index (κ1) is 25.9. The second-order valence-corrected chi connectivity index (χ2v) is 7.65. The van der Waals surface area contributed by atoms with Crippen molar-refractivity contribution in [2.75, 3.05) is 13.2 Å². The molecule has 0 heterocycles. The summed E-state index contributed by atoms with van der Waals surface area (Å²) in [7, 11) is 0. The van der Waals surface area contributed by atoms with Crippen LogP contribution in [-0.4, -0.2) is 65.6 Å². The Morgan fingerprint density at radius 3 is 2.00 bits per heavy atom. The SMILES string of the molecule is CCOC(=O)N(C(=O)OC(C)(C)C)C1C=CC(=O)C1.CCOC(=O)NC1C=CC(=O)C1. The number of carbonyl (C=O) groups is 5. The van der Waals surface area contributed by atoms with Crippen molar-refractivity contribution in [2.45, 2.75) is 65.1 Å². The third kappa shape index (κ3) is 9.45. The predicted molar refractivity (Wildman–Crippen MR) is 110 cm³/mol. The van der Waals surface area contributed by atoms with Gasteiger partial charge in [0.25, 0.3) is 0 Å². The molecule has 0 spiro atoms. The van der Waals surface area contributed by atoms with Crippen molar-refractivity contribution in [2.24, 2.45) is 0 Å². The lowest BCUT2D eigenvalue weighted by atomic mass is 10.2. The van der Waals surface area contributed by atoms with Gasteiger partial charge in [0.2, 0.25) is 0 Å². The predicted octanol–water partition coefficient (Wildman–Crippen LogP) is 2.91. The summed E-state index contributed by atoms with van der Waals surface area (Å²) >= 11 is 0. The number of ether oxygens (including phenoxy) is 3. The zero-order chi connectivity index (χ0) is 23.6. The van der Waals surface area contributed by atoms with E-state index in [-0.39, 0.29) is 30.6 Å². The molecule has 2 rings (SSSR count). The van der Waals surface area contributed by atoms with Crippen LogP contribution >= 0.6 is 0 Å². The molecule has 10 heteroatoms. The number of nitrogens with zero attached hydrogens (tertiary/aromatic N) is 1. The maximum atomic E-state index is 12.0. The Hall–Kier alpha value is -3.17. The van der Waals surface area contributed by atoms with Gasteiger partial charge in [0, 0.05) is 12.8 Å². The summed E-state index contributed by atoms with van der Waals surface area (Å²) in [5.41, 5.74) is -0.728. The lowest BCUT2D eigenvalue weighted by Crippen LogP contribution is -2.46. The molecule has 0 saturated carbocycles.